The van der Waals surface area contributed by atoms with Gasteiger partial charge < -0.3 is 28.6 Å². The molecule has 35 heavy (non-hydrogen) atoms. The van der Waals surface area contributed by atoms with Crippen LogP contribution in [-0.2, 0) is 32.2 Å². The molecular formula is C29H31NO5. The van der Waals surface area contributed by atoms with Gasteiger partial charge in [-0.3, -0.25) is 0 Å². The van der Waals surface area contributed by atoms with Crippen LogP contribution in [0.5, 0.6) is 0 Å². The summed E-state index contributed by atoms with van der Waals surface area (Å²) in [5, 5.41) is 12.5. The Morgan fingerprint density at radius 3 is 2.17 bits per heavy atom. The van der Waals surface area contributed by atoms with Gasteiger partial charge in [0.25, 0.3) is 0 Å². The largest absolute Gasteiger partial charge is 0.386 e. The van der Waals surface area contributed by atoms with E-state index in [1.54, 1.807) is 7.11 Å². The van der Waals surface area contributed by atoms with Crippen LogP contribution in [0.1, 0.15) is 17.4 Å². The zero-order valence-electron chi connectivity index (χ0n) is 19.8. The number of aliphatic hydroxyl groups excluding tert-OH is 1. The van der Waals surface area contributed by atoms with E-state index in [1.165, 1.54) is 0 Å². The minimum atomic E-state index is -0.940. The molecule has 182 valence electrons. The fourth-order valence-corrected chi connectivity index (χ4v) is 4.71. The monoisotopic (exact) mass is 473 g/mol. The number of fused-ring (bicyclic) bond motifs is 1. The SMILES string of the molecule is CO[C@H]1[C@H](OCc2ccccc2)[C@@H](O)[C@H](n2ccc3ccccc32)O[C@@H]1COCc1ccccc1. The Labute approximate surface area is 205 Å². The fraction of sp³-hybridized carbons (Fsp3) is 0.310. The summed E-state index contributed by atoms with van der Waals surface area (Å²) in [4.78, 5) is 0. The van der Waals surface area contributed by atoms with Crippen LogP contribution in [-0.4, -0.2) is 47.8 Å². The van der Waals surface area contributed by atoms with Crippen LogP contribution in [0.4, 0.5) is 0 Å². The average molecular weight is 474 g/mol. The van der Waals surface area contributed by atoms with Crippen molar-refractivity contribution >= 4 is 10.9 Å². The van der Waals surface area contributed by atoms with Crippen molar-refractivity contribution in [2.45, 2.75) is 43.9 Å². The molecule has 5 atom stereocenters. The summed E-state index contributed by atoms with van der Waals surface area (Å²) in [5.41, 5.74) is 3.10. The third kappa shape index (κ3) is 5.32. The van der Waals surface area contributed by atoms with Crippen molar-refractivity contribution in [2.75, 3.05) is 13.7 Å². The van der Waals surface area contributed by atoms with Crippen molar-refractivity contribution in [2.24, 2.45) is 0 Å². The Balaban J connectivity index is 1.39. The summed E-state index contributed by atoms with van der Waals surface area (Å²) in [6, 6.07) is 30.0. The fourth-order valence-electron chi connectivity index (χ4n) is 4.71. The van der Waals surface area contributed by atoms with Crippen molar-refractivity contribution in [3.8, 4) is 0 Å². The van der Waals surface area contributed by atoms with Gasteiger partial charge in [-0.15, -0.1) is 0 Å². The standard InChI is InChI=1S/C29H31NO5/c1-32-27-25(20-33-18-21-10-4-2-5-11-21)35-29(30-17-16-23-14-8-9-15-24(23)30)26(31)28(27)34-19-22-12-6-3-7-13-22/h2-17,25-29,31H,18-20H2,1H3/t25-,26-,27-,28-,29-/m1/s1. The first-order valence-electron chi connectivity index (χ1n) is 11.9. The molecule has 3 aromatic carbocycles. The lowest BCUT2D eigenvalue weighted by molar-refractivity contribution is -0.271. The van der Waals surface area contributed by atoms with E-state index in [4.69, 9.17) is 18.9 Å². The minimum Gasteiger partial charge on any atom is -0.386 e. The number of hydrogen-bond donors (Lipinski definition) is 1. The molecule has 1 N–H and O–H groups in total. The normalized spacial score (nSPS) is 24.6. The van der Waals surface area contributed by atoms with Crippen molar-refractivity contribution in [1.29, 1.82) is 0 Å². The van der Waals surface area contributed by atoms with Crippen molar-refractivity contribution in [3.63, 3.8) is 0 Å². The Morgan fingerprint density at radius 2 is 1.46 bits per heavy atom. The number of hydrogen-bond acceptors (Lipinski definition) is 5. The number of aliphatic hydroxyl groups is 1. The summed E-state index contributed by atoms with van der Waals surface area (Å²) in [6.45, 7) is 1.13. The summed E-state index contributed by atoms with van der Waals surface area (Å²) >= 11 is 0. The minimum absolute atomic E-state index is 0.307. The van der Waals surface area contributed by atoms with Crippen molar-refractivity contribution in [1.82, 2.24) is 4.57 Å². The Morgan fingerprint density at radius 1 is 0.800 bits per heavy atom. The maximum absolute atomic E-state index is 11.5. The highest BCUT2D eigenvalue weighted by atomic mass is 16.6. The first-order chi connectivity index (χ1) is 17.2. The van der Waals surface area contributed by atoms with Crippen LogP contribution in [0.15, 0.2) is 97.2 Å². The van der Waals surface area contributed by atoms with Gasteiger partial charge in [0.2, 0.25) is 0 Å². The van der Waals surface area contributed by atoms with Crippen LogP contribution in [0.25, 0.3) is 10.9 Å². The van der Waals surface area contributed by atoms with Crippen LogP contribution in [0.3, 0.4) is 0 Å². The Kier molecular flexibility index (Phi) is 7.57. The van der Waals surface area contributed by atoms with E-state index in [9.17, 15) is 5.11 Å². The van der Waals surface area contributed by atoms with Gasteiger partial charge in [-0.05, 0) is 28.6 Å². The van der Waals surface area contributed by atoms with E-state index in [0.29, 0.717) is 19.8 Å². The molecule has 0 aliphatic carbocycles. The molecule has 5 rings (SSSR count). The van der Waals surface area contributed by atoms with E-state index in [2.05, 4.69) is 0 Å². The van der Waals surface area contributed by atoms with Crippen LogP contribution >= 0.6 is 0 Å². The van der Waals surface area contributed by atoms with E-state index in [0.717, 1.165) is 22.0 Å². The third-order valence-electron chi connectivity index (χ3n) is 6.49. The zero-order valence-corrected chi connectivity index (χ0v) is 19.8. The first kappa shape index (κ1) is 23.7. The van der Waals surface area contributed by atoms with Gasteiger partial charge in [-0.1, -0.05) is 78.9 Å². The molecule has 0 spiro atoms. The lowest BCUT2D eigenvalue weighted by Crippen LogP contribution is -2.58. The summed E-state index contributed by atoms with van der Waals surface area (Å²) < 4.78 is 26.6. The number of benzene rings is 3. The van der Waals surface area contributed by atoms with Gasteiger partial charge in [0, 0.05) is 13.3 Å². The maximum Gasteiger partial charge on any atom is 0.163 e. The van der Waals surface area contributed by atoms with Gasteiger partial charge in [-0.2, -0.15) is 0 Å². The van der Waals surface area contributed by atoms with Crippen LogP contribution in [0, 0.1) is 0 Å². The molecule has 6 nitrogen and oxygen atoms in total. The smallest absolute Gasteiger partial charge is 0.163 e. The van der Waals surface area contributed by atoms with E-state index in [-0.39, 0.29) is 0 Å². The molecular weight excluding hydrogens is 442 g/mol. The van der Waals surface area contributed by atoms with Crippen LogP contribution in [0.2, 0.25) is 0 Å². The molecule has 1 fully saturated rings. The molecule has 2 heterocycles. The number of ether oxygens (including phenoxy) is 4. The first-order valence-corrected chi connectivity index (χ1v) is 11.9. The third-order valence-corrected chi connectivity index (χ3v) is 6.49. The molecule has 1 aliphatic rings. The molecule has 4 aromatic rings. The Bertz CT molecular complexity index is 1200. The highest BCUT2D eigenvalue weighted by Gasteiger charge is 2.47. The number of para-hydroxylation sites is 1. The Hall–Kier alpha value is -3.00. The van der Waals surface area contributed by atoms with Gasteiger partial charge >= 0.3 is 0 Å². The lowest BCUT2D eigenvalue weighted by Gasteiger charge is -2.44. The van der Waals surface area contributed by atoms with Gasteiger partial charge in [0.05, 0.1) is 25.3 Å². The summed E-state index contributed by atoms with van der Waals surface area (Å²) in [5.74, 6) is 0. The van der Waals surface area contributed by atoms with Gasteiger partial charge in [0.15, 0.2) is 6.23 Å². The lowest BCUT2D eigenvalue weighted by atomic mass is 9.97. The molecule has 0 bridgehead atoms. The topological polar surface area (TPSA) is 62.1 Å². The summed E-state index contributed by atoms with van der Waals surface area (Å²) in [6.07, 6.45) is -1.17. The summed E-state index contributed by atoms with van der Waals surface area (Å²) in [7, 11) is 1.62. The highest BCUT2D eigenvalue weighted by Crippen LogP contribution is 2.34. The van der Waals surface area contributed by atoms with E-state index >= 15 is 0 Å². The molecule has 6 heteroatoms. The van der Waals surface area contributed by atoms with Crippen LogP contribution < -0.4 is 0 Å². The second-order valence-corrected chi connectivity index (χ2v) is 8.80. The second-order valence-electron chi connectivity index (χ2n) is 8.80. The predicted molar refractivity (Wildman–Crippen MR) is 134 cm³/mol. The van der Waals surface area contributed by atoms with Crippen molar-refractivity contribution < 1.29 is 24.1 Å². The van der Waals surface area contributed by atoms with Gasteiger partial charge in [-0.25, -0.2) is 0 Å². The number of methoxy groups -OCH3 is 1. The number of aromatic nitrogens is 1. The second kappa shape index (κ2) is 11.2. The molecule has 1 aliphatic heterocycles. The number of nitrogens with zero attached hydrogens (tertiary/aromatic N) is 1. The molecule has 1 saturated heterocycles. The van der Waals surface area contributed by atoms with Crippen molar-refractivity contribution in [3.05, 3.63) is 108 Å². The van der Waals surface area contributed by atoms with E-state index < -0.39 is 30.6 Å². The molecule has 0 saturated carbocycles. The highest BCUT2D eigenvalue weighted by molar-refractivity contribution is 5.80. The molecule has 0 unspecified atom stereocenters. The predicted octanol–water partition coefficient (Wildman–Crippen LogP) is 4.72. The quantitative estimate of drug-likeness (QED) is 0.381. The molecule has 1 aromatic heterocycles. The molecule has 0 radical (unpaired) electrons. The molecule has 0 amide bonds. The van der Waals surface area contributed by atoms with E-state index in [1.807, 2.05) is 102 Å². The average Bonchev–Trinajstić information content (AvgIpc) is 3.33. The zero-order chi connectivity index (χ0) is 24.0. The van der Waals surface area contributed by atoms with Gasteiger partial charge in [0.1, 0.15) is 24.4 Å². The number of rotatable bonds is 9. The maximum atomic E-state index is 11.5.